The Hall–Kier alpha value is -4.52. The maximum Gasteiger partial charge on any atom is 0.330 e. The second-order valence-electron chi connectivity index (χ2n) is 7.42. The van der Waals surface area contributed by atoms with E-state index in [1.807, 2.05) is 30.3 Å². The number of aromatic nitrogens is 2. The second kappa shape index (κ2) is 9.95. The summed E-state index contributed by atoms with van der Waals surface area (Å²) in [6, 6.07) is 20.0. The van der Waals surface area contributed by atoms with Gasteiger partial charge in [-0.25, -0.2) is 4.79 Å². The minimum Gasteiger partial charge on any atom is -0.493 e. The molecule has 0 fully saturated rings. The molecule has 0 aliphatic carbocycles. The lowest BCUT2D eigenvalue weighted by molar-refractivity contribution is 0.104. The summed E-state index contributed by atoms with van der Waals surface area (Å²) in [5.41, 5.74) is 2.89. The molecular formula is C27H24N2O5. The average Bonchev–Trinajstić information content (AvgIpc) is 3.28. The van der Waals surface area contributed by atoms with Crippen molar-refractivity contribution in [1.29, 1.82) is 0 Å². The molecule has 0 radical (unpaired) electrons. The lowest BCUT2D eigenvalue weighted by atomic mass is 10.1. The highest BCUT2D eigenvalue weighted by atomic mass is 16.5. The van der Waals surface area contributed by atoms with Crippen LogP contribution in [0.5, 0.6) is 17.2 Å². The minimum atomic E-state index is -0.340. The van der Waals surface area contributed by atoms with Crippen LogP contribution in [0.4, 0.5) is 0 Å². The Morgan fingerprint density at radius 1 is 0.882 bits per heavy atom. The molecule has 0 saturated carbocycles. The molecule has 0 aliphatic rings. The first-order valence-electron chi connectivity index (χ1n) is 10.5. The number of ketones is 1. The number of nitrogens with zero attached hydrogens (tertiary/aromatic N) is 1. The van der Waals surface area contributed by atoms with Gasteiger partial charge in [0.2, 0.25) is 5.75 Å². The van der Waals surface area contributed by atoms with Gasteiger partial charge in [-0.2, -0.15) is 0 Å². The molecule has 1 heterocycles. The standard InChI is InChI=1S/C27H24N2O5/c1-32-24-15-20(16-25(33-2)26(24)34-3)22-17-29(27(31)28-22)21-11-7-10-19(14-21)23(30)13-12-18-8-5-4-6-9-18/h4-17H,1-3H3,(H,28,31). The van der Waals surface area contributed by atoms with Gasteiger partial charge < -0.3 is 19.2 Å². The topological polar surface area (TPSA) is 82.6 Å². The van der Waals surface area contributed by atoms with Gasteiger partial charge in [0.1, 0.15) is 0 Å². The quantitative estimate of drug-likeness (QED) is 0.306. The van der Waals surface area contributed by atoms with Gasteiger partial charge in [-0.3, -0.25) is 9.36 Å². The molecule has 172 valence electrons. The number of hydrogen-bond acceptors (Lipinski definition) is 5. The number of rotatable bonds is 8. The van der Waals surface area contributed by atoms with E-state index < -0.39 is 0 Å². The SMILES string of the molecule is COc1cc(-c2cn(-c3cccc(C(=O)C=Cc4ccccc4)c3)c(=O)[nH]2)cc(OC)c1OC. The van der Waals surface area contributed by atoms with Gasteiger partial charge in [0.25, 0.3) is 0 Å². The fourth-order valence-electron chi connectivity index (χ4n) is 3.61. The molecule has 0 aliphatic heterocycles. The number of carbonyl (C=O) groups is 1. The largest absolute Gasteiger partial charge is 0.493 e. The van der Waals surface area contributed by atoms with Crippen molar-refractivity contribution in [2.24, 2.45) is 0 Å². The third kappa shape index (κ3) is 4.63. The minimum absolute atomic E-state index is 0.154. The zero-order valence-electron chi connectivity index (χ0n) is 19.1. The van der Waals surface area contributed by atoms with Crippen LogP contribution in [0.15, 0.2) is 83.8 Å². The number of aromatic amines is 1. The van der Waals surface area contributed by atoms with Gasteiger partial charge in [-0.1, -0.05) is 48.5 Å². The number of ether oxygens (including phenoxy) is 3. The van der Waals surface area contributed by atoms with Crippen molar-refractivity contribution in [3.8, 4) is 34.2 Å². The number of imidazole rings is 1. The molecule has 0 unspecified atom stereocenters. The summed E-state index contributed by atoms with van der Waals surface area (Å²) in [4.78, 5) is 28.3. The molecule has 0 atom stereocenters. The number of hydrogen-bond donors (Lipinski definition) is 1. The summed E-state index contributed by atoms with van der Waals surface area (Å²) in [6.07, 6.45) is 4.96. The van der Waals surface area contributed by atoms with Crippen LogP contribution in [0, 0.1) is 0 Å². The number of H-pyrrole nitrogens is 1. The Bertz CT molecular complexity index is 1380. The van der Waals surface area contributed by atoms with Gasteiger partial charge in [-0.05, 0) is 35.9 Å². The van der Waals surface area contributed by atoms with E-state index in [0.717, 1.165) is 5.56 Å². The summed E-state index contributed by atoms with van der Waals surface area (Å²) >= 11 is 0. The van der Waals surface area contributed by atoms with Crippen LogP contribution in [0.3, 0.4) is 0 Å². The maximum atomic E-state index is 12.8. The summed E-state index contributed by atoms with van der Waals surface area (Å²) in [6.45, 7) is 0. The highest BCUT2D eigenvalue weighted by Gasteiger charge is 2.16. The van der Waals surface area contributed by atoms with Crippen molar-refractivity contribution in [2.75, 3.05) is 21.3 Å². The lowest BCUT2D eigenvalue weighted by Crippen LogP contribution is -2.14. The van der Waals surface area contributed by atoms with E-state index in [2.05, 4.69) is 4.98 Å². The van der Waals surface area contributed by atoms with Crippen LogP contribution in [-0.2, 0) is 0 Å². The molecule has 0 amide bonds. The molecule has 0 bridgehead atoms. The molecule has 1 N–H and O–H groups in total. The average molecular weight is 456 g/mol. The van der Waals surface area contributed by atoms with E-state index in [1.165, 1.54) is 32.0 Å². The van der Waals surface area contributed by atoms with E-state index in [1.54, 1.807) is 48.7 Å². The van der Waals surface area contributed by atoms with E-state index in [9.17, 15) is 9.59 Å². The highest BCUT2D eigenvalue weighted by Crippen LogP contribution is 2.40. The third-order valence-corrected chi connectivity index (χ3v) is 5.33. The Labute approximate surface area is 196 Å². The monoisotopic (exact) mass is 456 g/mol. The summed E-state index contributed by atoms with van der Waals surface area (Å²) in [7, 11) is 4.59. The first-order valence-corrected chi connectivity index (χ1v) is 10.5. The second-order valence-corrected chi connectivity index (χ2v) is 7.42. The van der Waals surface area contributed by atoms with Crippen molar-refractivity contribution in [3.63, 3.8) is 0 Å². The van der Waals surface area contributed by atoms with Crippen LogP contribution in [0.2, 0.25) is 0 Å². The fourth-order valence-corrected chi connectivity index (χ4v) is 3.61. The van der Waals surface area contributed by atoms with Crippen molar-refractivity contribution >= 4 is 11.9 Å². The van der Waals surface area contributed by atoms with Crippen LogP contribution in [0.1, 0.15) is 15.9 Å². The van der Waals surface area contributed by atoms with Gasteiger partial charge in [0.05, 0.1) is 32.7 Å². The smallest absolute Gasteiger partial charge is 0.330 e. The first kappa shape index (κ1) is 22.7. The molecule has 34 heavy (non-hydrogen) atoms. The predicted molar refractivity (Wildman–Crippen MR) is 131 cm³/mol. The van der Waals surface area contributed by atoms with Crippen LogP contribution >= 0.6 is 0 Å². The summed E-state index contributed by atoms with van der Waals surface area (Å²) < 4.78 is 17.6. The molecule has 7 nitrogen and oxygen atoms in total. The molecule has 0 saturated heterocycles. The van der Waals surface area contributed by atoms with Gasteiger partial charge >= 0.3 is 5.69 Å². The van der Waals surface area contributed by atoms with E-state index >= 15 is 0 Å². The fraction of sp³-hybridized carbons (Fsp3) is 0.111. The highest BCUT2D eigenvalue weighted by molar-refractivity contribution is 6.07. The molecule has 1 aromatic heterocycles. The Morgan fingerprint density at radius 2 is 1.59 bits per heavy atom. The maximum absolute atomic E-state index is 12.8. The predicted octanol–water partition coefficient (Wildman–Crippen LogP) is 4.75. The van der Waals surface area contributed by atoms with Crippen molar-refractivity contribution in [2.45, 2.75) is 0 Å². The van der Waals surface area contributed by atoms with Crippen molar-refractivity contribution < 1.29 is 19.0 Å². The van der Waals surface area contributed by atoms with Crippen LogP contribution in [-0.4, -0.2) is 36.7 Å². The molecule has 0 spiro atoms. The number of carbonyl (C=O) groups excluding carboxylic acids is 1. The van der Waals surface area contributed by atoms with E-state index in [4.69, 9.17) is 14.2 Å². The number of nitrogens with one attached hydrogen (secondary N) is 1. The molecular weight excluding hydrogens is 432 g/mol. The molecule has 7 heteroatoms. The zero-order valence-corrected chi connectivity index (χ0v) is 19.1. The Balaban J connectivity index is 1.66. The lowest BCUT2D eigenvalue weighted by Gasteiger charge is -2.13. The number of benzene rings is 3. The van der Waals surface area contributed by atoms with Crippen LogP contribution < -0.4 is 19.9 Å². The normalized spacial score (nSPS) is 10.9. The van der Waals surface area contributed by atoms with Gasteiger partial charge in [0.15, 0.2) is 17.3 Å². The van der Waals surface area contributed by atoms with E-state index in [0.29, 0.717) is 39.8 Å². The zero-order chi connectivity index (χ0) is 24.1. The first-order chi connectivity index (χ1) is 16.5. The number of methoxy groups -OCH3 is 3. The molecule has 3 aromatic carbocycles. The Morgan fingerprint density at radius 3 is 2.24 bits per heavy atom. The summed E-state index contributed by atoms with van der Waals surface area (Å²) in [5, 5.41) is 0. The van der Waals surface area contributed by atoms with Gasteiger partial charge in [-0.15, -0.1) is 0 Å². The third-order valence-electron chi connectivity index (χ3n) is 5.33. The number of allylic oxidation sites excluding steroid dienone is 1. The van der Waals surface area contributed by atoms with Crippen LogP contribution in [0.25, 0.3) is 23.0 Å². The molecule has 4 rings (SSSR count). The van der Waals surface area contributed by atoms with Crippen molar-refractivity contribution in [1.82, 2.24) is 9.55 Å². The summed E-state index contributed by atoms with van der Waals surface area (Å²) in [5.74, 6) is 1.26. The Kier molecular flexibility index (Phi) is 6.64. The van der Waals surface area contributed by atoms with Gasteiger partial charge in [0, 0.05) is 17.3 Å². The van der Waals surface area contributed by atoms with E-state index in [-0.39, 0.29) is 11.5 Å². The van der Waals surface area contributed by atoms with Crippen molar-refractivity contribution in [3.05, 3.63) is 101 Å². The molecule has 4 aromatic rings.